The first-order valence-electron chi connectivity index (χ1n) is 5.15. The third-order valence-electron chi connectivity index (χ3n) is 2.53. The quantitative estimate of drug-likeness (QED) is 0.802. The van der Waals surface area contributed by atoms with Crippen molar-refractivity contribution in [3.8, 4) is 0 Å². The van der Waals surface area contributed by atoms with Crippen molar-refractivity contribution in [1.29, 1.82) is 0 Å². The second-order valence-corrected chi connectivity index (χ2v) is 4.00. The Bertz CT molecular complexity index is 587. The number of rotatable bonds is 2. The van der Waals surface area contributed by atoms with Crippen LogP contribution in [0, 0.1) is 0 Å². The molecule has 9 heteroatoms. The third-order valence-corrected chi connectivity index (χ3v) is 2.74. The lowest BCUT2D eigenvalue weighted by molar-refractivity contribution is 0.220. The van der Waals surface area contributed by atoms with Gasteiger partial charge in [0, 0.05) is 24.7 Å². The molecule has 100 valence electrons. The number of halogens is 2. The number of hydrogen-bond acceptors (Lipinski definition) is 6. The number of nitrogens with zero attached hydrogens (tertiary/aromatic N) is 5. The predicted octanol–water partition coefficient (Wildman–Crippen LogP) is 0.890. The summed E-state index contributed by atoms with van der Waals surface area (Å²) in [6.07, 6.45) is 7.10. The number of aliphatic hydroxyl groups excluding tert-OH is 1. The monoisotopic (exact) mass is 300 g/mol. The number of imidazole rings is 1. The zero-order chi connectivity index (χ0) is 12.5. The van der Waals surface area contributed by atoms with E-state index in [1.165, 1.54) is 11.3 Å². The molecule has 0 fully saturated rings. The van der Waals surface area contributed by atoms with Crippen molar-refractivity contribution in [2.75, 3.05) is 5.01 Å². The van der Waals surface area contributed by atoms with Gasteiger partial charge in [0.25, 0.3) is 0 Å². The third kappa shape index (κ3) is 2.48. The van der Waals surface area contributed by atoms with Crippen LogP contribution >= 0.6 is 24.0 Å². The molecule has 0 amide bonds. The van der Waals surface area contributed by atoms with E-state index in [0.717, 1.165) is 0 Å². The van der Waals surface area contributed by atoms with E-state index < -0.39 is 6.23 Å². The Morgan fingerprint density at radius 1 is 1.37 bits per heavy atom. The number of hydrogen-bond donors (Lipinski definition) is 2. The second-order valence-electron chi connectivity index (χ2n) is 3.61. The fourth-order valence-corrected chi connectivity index (χ4v) is 1.82. The summed E-state index contributed by atoms with van der Waals surface area (Å²) in [5.74, 6) is 0.480. The van der Waals surface area contributed by atoms with Crippen molar-refractivity contribution in [1.82, 2.24) is 24.9 Å². The van der Waals surface area contributed by atoms with Gasteiger partial charge in [-0.3, -0.25) is 5.43 Å². The Kier molecular flexibility index (Phi) is 3.89. The summed E-state index contributed by atoms with van der Waals surface area (Å²) in [5, 5.41) is 12.0. The normalized spacial score (nSPS) is 17.7. The van der Waals surface area contributed by atoms with Crippen molar-refractivity contribution < 1.29 is 5.11 Å². The molecular weight excluding hydrogens is 291 g/mol. The molecule has 0 saturated heterocycles. The molecule has 1 unspecified atom stereocenters. The van der Waals surface area contributed by atoms with E-state index in [4.69, 9.17) is 11.6 Å². The van der Waals surface area contributed by atoms with Crippen LogP contribution in [0.25, 0.3) is 5.70 Å². The highest BCUT2D eigenvalue weighted by Gasteiger charge is 2.27. The summed E-state index contributed by atoms with van der Waals surface area (Å²) in [5.41, 5.74) is 3.55. The second kappa shape index (κ2) is 5.43. The highest BCUT2D eigenvalue weighted by molar-refractivity contribution is 6.29. The van der Waals surface area contributed by atoms with Crippen LogP contribution < -0.4 is 10.4 Å². The molecule has 0 saturated carbocycles. The smallest absolute Gasteiger partial charge is 0.190 e. The van der Waals surface area contributed by atoms with Crippen LogP contribution in [0.4, 0.5) is 5.82 Å². The molecule has 2 N–H and O–H groups in total. The van der Waals surface area contributed by atoms with Gasteiger partial charge in [-0.25, -0.2) is 20.0 Å². The van der Waals surface area contributed by atoms with Gasteiger partial charge >= 0.3 is 0 Å². The van der Waals surface area contributed by atoms with Crippen LogP contribution in [-0.2, 0) is 0 Å². The molecule has 0 bridgehead atoms. The summed E-state index contributed by atoms with van der Waals surface area (Å²) in [6, 6.07) is 1.56. The number of nitrogens with one attached hydrogen (secondary N) is 1. The lowest BCUT2D eigenvalue weighted by Crippen LogP contribution is -2.39. The van der Waals surface area contributed by atoms with Crippen LogP contribution in [0.2, 0.25) is 5.15 Å². The zero-order valence-electron chi connectivity index (χ0n) is 9.51. The number of hydrazine groups is 1. The largest absolute Gasteiger partial charge is 0.367 e. The van der Waals surface area contributed by atoms with Crippen molar-refractivity contribution in [2.24, 2.45) is 0 Å². The Balaban J connectivity index is 0.00000133. The summed E-state index contributed by atoms with van der Waals surface area (Å²) in [6.45, 7) is 0. The van der Waals surface area contributed by atoms with Gasteiger partial charge in [0.2, 0.25) is 0 Å². The van der Waals surface area contributed by atoms with E-state index in [9.17, 15) is 5.11 Å². The molecule has 1 atom stereocenters. The van der Waals surface area contributed by atoms with Crippen molar-refractivity contribution >= 4 is 35.5 Å². The predicted molar refractivity (Wildman–Crippen MR) is 72.4 cm³/mol. The Labute approximate surface area is 119 Å². The molecule has 3 rings (SSSR count). The van der Waals surface area contributed by atoms with Crippen LogP contribution in [0.15, 0.2) is 37.3 Å². The van der Waals surface area contributed by atoms with Crippen LogP contribution in [-0.4, -0.2) is 30.9 Å². The number of anilines is 1. The maximum absolute atomic E-state index is 10.2. The van der Waals surface area contributed by atoms with Crippen molar-refractivity contribution in [3.05, 3.63) is 42.5 Å². The molecule has 0 spiro atoms. The average Bonchev–Trinajstić information content (AvgIpc) is 2.97. The standard InChI is InChI=1S/C10H9ClN6O.ClH/c11-8-3-9(14-5-13-8)17-10(18)7(4-15-17)16-2-1-12-6-16;/h1-6,10,15,18H;1H. The summed E-state index contributed by atoms with van der Waals surface area (Å²) >= 11 is 5.79. The van der Waals surface area contributed by atoms with Gasteiger partial charge in [0.1, 0.15) is 11.5 Å². The molecular formula is C10H10Cl2N6O. The van der Waals surface area contributed by atoms with Gasteiger partial charge < -0.3 is 9.67 Å². The van der Waals surface area contributed by atoms with Crippen molar-refractivity contribution in [3.63, 3.8) is 0 Å². The lowest BCUT2D eigenvalue weighted by Gasteiger charge is -2.22. The fourth-order valence-electron chi connectivity index (χ4n) is 1.68. The first-order valence-corrected chi connectivity index (χ1v) is 5.53. The average molecular weight is 301 g/mol. The molecule has 0 aromatic carbocycles. The minimum atomic E-state index is -0.884. The molecule has 7 nitrogen and oxygen atoms in total. The van der Waals surface area contributed by atoms with E-state index in [0.29, 0.717) is 16.7 Å². The molecule has 0 aliphatic carbocycles. The first kappa shape index (κ1) is 13.6. The van der Waals surface area contributed by atoms with E-state index in [2.05, 4.69) is 20.4 Å². The minimum absolute atomic E-state index is 0. The van der Waals surface area contributed by atoms with Gasteiger partial charge in [-0.1, -0.05) is 11.6 Å². The summed E-state index contributed by atoms with van der Waals surface area (Å²) in [7, 11) is 0. The molecule has 19 heavy (non-hydrogen) atoms. The summed E-state index contributed by atoms with van der Waals surface area (Å²) < 4.78 is 1.71. The van der Waals surface area contributed by atoms with Gasteiger partial charge in [-0.15, -0.1) is 12.4 Å². The first-order chi connectivity index (χ1) is 8.75. The molecule has 0 radical (unpaired) electrons. The highest BCUT2D eigenvalue weighted by Crippen LogP contribution is 2.23. The van der Waals surface area contributed by atoms with Gasteiger partial charge in [-0.2, -0.15) is 0 Å². The molecule has 1 aliphatic heterocycles. The van der Waals surface area contributed by atoms with Crippen molar-refractivity contribution in [2.45, 2.75) is 6.23 Å². The Hall–Kier alpha value is -1.83. The van der Waals surface area contributed by atoms with Crippen LogP contribution in [0.3, 0.4) is 0 Å². The fraction of sp³-hybridized carbons (Fsp3) is 0.100. The Morgan fingerprint density at radius 2 is 2.21 bits per heavy atom. The SMILES string of the molecule is Cl.OC1C(n2ccnc2)=CNN1c1cc(Cl)ncn1. The topological polar surface area (TPSA) is 79.1 Å². The van der Waals surface area contributed by atoms with Gasteiger partial charge in [0.05, 0.1) is 12.0 Å². The maximum atomic E-state index is 10.2. The maximum Gasteiger partial charge on any atom is 0.190 e. The number of aromatic nitrogens is 4. The summed E-state index contributed by atoms with van der Waals surface area (Å²) in [4.78, 5) is 11.8. The van der Waals surface area contributed by atoms with Gasteiger partial charge in [-0.05, 0) is 0 Å². The van der Waals surface area contributed by atoms with E-state index in [1.54, 1.807) is 35.6 Å². The molecule has 2 aromatic heterocycles. The lowest BCUT2D eigenvalue weighted by atomic mass is 10.4. The Morgan fingerprint density at radius 3 is 2.89 bits per heavy atom. The zero-order valence-corrected chi connectivity index (χ0v) is 11.1. The molecule has 3 heterocycles. The van der Waals surface area contributed by atoms with E-state index in [-0.39, 0.29) is 12.4 Å². The molecule has 2 aromatic rings. The minimum Gasteiger partial charge on any atom is -0.367 e. The highest BCUT2D eigenvalue weighted by atomic mass is 35.5. The van der Waals surface area contributed by atoms with Crippen LogP contribution in [0.1, 0.15) is 0 Å². The molecule has 1 aliphatic rings. The van der Waals surface area contributed by atoms with E-state index in [1.807, 2.05) is 0 Å². The van der Waals surface area contributed by atoms with Gasteiger partial charge in [0.15, 0.2) is 12.0 Å². The van der Waals surface area contributed by atoms with E-state index >= 15 is 0 Å². The van der Waals surface area contributed by atoms with Crippen LogP contribution in [0.5, 0.6) is 0 Å². The number of aliphatic hydroxyl groups is 1.